The number of hydrogen-bond acceptors (Lipinski definition) is 2. The summed E-state index contributed by atoms with van der Waals surface area (Å²) in [5, 5.41) is 0. The summed E-state index contributed by atoms with van der Waals surface area (Å²) in [5.41, 5.74) is 0. The van der Waals surface area contributed by atoms with Gasteiger partial charge in [-0.05, 0) is 0 Å². The Labute approximate surface area is 58.9 Å². The van der Waals surface area contributed by atoms with Crippen molar-refractivity contribution in [3.8, 4) is 0 Å². The smallest absolute Gasteiger partial charge is 0.214 e. The van der Waals surface area contributed by atoms with E-state index in [1.54, 1.807) is 0 Å². The lowest BCUT2D eigenvalue weighted by molar-refractivity contribution is 0.613. The van der Waals surface area contributed by atoms with E-state index in [0.29, 0.717) is 0 Å². The third kappa shape index (κ3) is 3.58. The molecule has 0 N–H and O–H groups in total. The van der Waals surface area contributed by atoms with Gasteiger partial charge in [0, 0.05) is 0 Å². The van der Waals surface area contributed by atoms with Crippen LogP contribution in [-0.4, -0.2) is 12.6 Å². The van der Waals surface area contributed by atoms with Gasteiger partial charge in [-0.2, -0.15) is 0 Å². The van der Waals surface area contributed by atoms with Crippen LogP contribution in [0, 0.1) is 0 Å². The standard InChI is InChI=1S/CHBrCl2O2S/c2-7(5,6)1(3)4/h1H. The van der Waals surface area contributed by atoms with Gasteiger partial charge in [0.25, 0.3) is 0 Å². The van der Waals surface area contributed by atoms with Crippen molar-refractivity contribution in [1.82, 2.24) is 0 Å². The van der Waals surface area contributed by atoms with Crippen LogP contribution in [0.15, 0.2) is 0 Å². The Kier molecular flexibility index (Phi) is 2.89. The Hall–Kier alpha value is 1.01. The molecular weight excluding hydrogens is 227 g/mol. The van der Waals surface area contributed by atoms with E-state index < -0.39 is 12.4 Å². The summed E-state index contributed by atoms with van der Waals surface area (Å²) in [6.45, 7) is 0. The van der Waals surface area contributed by atoms with Crippen LogP contribution >= 0.6 is 38.0 Å². The molecule has 0 radical (unpaired) electrons. The molecule has 0 saturated carbocycles. The van der Waals surface area contributed by atoms with E-state index in [-0.39, 0.29) is 0 Å². The molecular formula is CHBrCl2O2S. The summed E-state index contributed by atoms with van der Waals surface area (Å²) in [6, 6.07) is 0. The van der Waals surface area contributed by atoms with E-state index in [1.807, 2.05) is 0 Å². The predicted octanol–water partition coefficient (Wildman–Crippen LogP) is 1.47. The van der Waals surface area contributed by atoms with Gasteiger partial charge in [0.1, 0.15) is 0 Å². The monoisotopic (exact) mass is 226 g/mol. The summed E-state index contributed by atoms with van der Waals surface area (Å²) < 4.78 is 18.6. The van der Waals surface area contributed by atoms with Crippen LogP contribution in [0.5, 0.6) is 0 Å². The molecule has 0 aliphatic carbocycles. The first kappa shape index (κ1) is 8.01. The van der Waals surface area contributed by atoms with Crippen LogP contribution in [0.2, 0.25) is 0 Å². The Morgan fingerprint density at radius 1 is 1.43 bits per heavy atom. The Bertz CT molecular complexity index is 138. The van der Waals surface area contributed by atoms with Gasteiger partial charge in [0.05, 0.1) is 14.8 Å². The Morgan fingerprint density at radius 3 is 1.57 bits per heavy atom. The van der Waals surface area contributed by atoms with Crippen LogP contribution in [0.4, 0.5) is 0 Å². The van der Waals surface area contributed by atoms with Crippen LogP contribution < -0.4 is 0 Å². The summed E-state index contributed by atoms with van der Waals surface area (Å²) >= 11 is 12.0. The van der Waals surface area contributed by atoms with Crippen LogP contribution in [0.3, 0.4) is 0 Å². The maximum absolute atomic E-state index is 9.98. The van der Waals surface area contributed by atoms with Gasteiger partial charge < -0.3 is 0 Å². The highest BCUT2D eigenvalue weighted by molar-refractivity contribution is 9.47. The fourth-order valence-electron chi connectivity index (χ4n) is 0. The van der Waals surface area contributed by atoms with Crippen molar-refractivity contribution in [3.05, 3.63) is 0 Å². The van der Waals surface area contributed by atoms with E-state index in [9.17, 15) is 8.42 Å². The second-order valence-corrected chi connectivity index (χ2v) is 6.48. The molecule has 0 spiro atoms. The molecule has 0 heterocycles. The zero-order chi connectivity index (χ0) is 6.08. The largest absolute Gasteiger partial charge is 0.240 e. The summed E-state index contributed by atoms with van der Waals surface area (Å²) in [5.74, 6) is 0. The molecule has 0 aliphatic rings. The minimum atomic E-state index is -3.40. The molecule has 0 atom stereocenters. The lowest BCUT2D eigenvalue weighted by Gasteiger charge is -1.88. The SMILES string of the molecule is O=S(=O)(Br)C(Cl)Cl. The lowest BCUT2D eigenvalue weighted by Crippen LogP contribution is -1.96. The predicted molar refractivity (Wildman–Crippen MR) is 33.3 cm³/mol. The molecule has 44 valence electrons. The quantitative estimate of drug-likeness (QED) is 0.503. The highest BCUT2D eigenvalue weighted by Gasteiger charge is 2.14. The number of rotatable bonds is 1. The van der Waals surface area contributed by atoms with E-state index in [4.69, 9.17) is 23.2 Å². The van der Waals surface area contributed by atoms with Crippen molar-refractivity contribution in [3.63, 3.8) is 0 Å². The fraction of sp³-hybridized carbons (Fsp3) is 1.00. The molecule has 2 nitrogen and oxygen atoms in total. The molecule has 0 rings (SSSR count). The summed E-state index contributed by atoms with van der Waals surface area (Å²) in [7, 11) is -3.40. The van der Waals surface area contributed by atoms with E-state index >= 15 is 0 Å². The number of hydrogen-bond donors (Lipinski definition) is 0. The average molecular weight is 228 g/mol. The highest BCUT2D eigenvalue weighted by atomic mass is 79.9. The van der Waals surface area contributed by atoms with E-state index in [2.05, 4.69) is 14.8 Å². The maximum Gasteiger partial charge on any atom is 0.240 e. The van der Waals surface area contributed by atoms with Crippen molar-refractivity contribution in [2.75, 3.05) is 0 Å². The van der Waals surface area contributed by atoms with Gasteiger partial charge in [-0.15, -0.1) is 0 Å². The van der Waals surface area contributed by atoms with Crippen molar-refractivity contribution in [2.45, 2.75) is 4.17 Å². The minimum Gasteiger partial charge on any atom is -0.214 e. The highest BCUT2D eigenvalue weighted by Crippen LogP contribution is 2.16. The Balaban J connectivity index is 4.10. The normalized spacial score (nSPS) is 12.6. The second-order valence-electron chi connectivity index (χ2n) is 0.736. The first-order chi connectivity index (χ1) is 2.94. The fourth-order valence-corrected chi connectivity index (χ4v) is 0. The lowest BCUT2D eigenvalue weighted by atomic mass is 11.9. The molecule has 0 bridgehead atoms. The first-order valence-electron chi connectivity index (χ1n) is 1.16. The molecule has 0 aromatic carbocycles. The van der Waals surface area contributed by atoms with Gasteiger partial charge >= 0.3 is 0 Å². The molecule has 0 fully saturated rings. The minimum absolute atomic E-state index is 1.37. The molecule has 0 unspecified atom stereocenters. The molecule has 0 amide bonds. The number of halogens is 3. The van der Waals surface area contributed by atoms with Crippen LogP contribution in [0.25, 0.3) is 0 Å². The van der Waals surface area contributed by atoms with E-state index in [0.717, 1.165) is 0 Å². The third-order valence-corrected chi connectivity index (χ3v) is 4.46. The van der Waals surface area contributed by atoms with Crippen LogP contribution in [0.1, 0.15) is 0 Å². The van der Waals surface area contributed by atoms with Crippen molar-refractivity contribution in [1.29, 1.82) is 0 Å². The van der Waals surface area contributed by atoms with Crippen molar-refractivity contribution >= 4 is 46.3 Å². The summed E-state index contributed by atoms with van der Waals surface area (Å²) in [6.07, 6.45) is 0. The third-order valence-electron chi connectivity index (χ3n) is 0.213. The van der Waals surface area contributed by atoms with Gasteiger partial charge in [0.15, 0.2) is 0 Å². The van der Waals surface area contributed by atoms with Crippen molar-refractivity contribution < 1.29 is 8.42 Å². The Morgan fingerprint density at radius 2 is 1.57 bits per heavy atom. The zero-order valence-corrected chi connectivity index (χ0v) is 6.85. The number of alkyl halides is 2. The topological polar surface area (TPSA) is 34.1 Å². The first-order valence-corrected chi connectivity index (χ1v) is 5.42. The maximum atomic E-state index is 9.98. The van der Waals surface area contributed by atoms with Gasteiger partial charge in [-0.1, -0.05) is 23.2 Å². The second kappa shape index (κ2) is 2.53. The van der Waals surface area contributed by atoms with Gasteiger partial charge in [-0.3, -0.25) is 0 Å². The molecule has 0 aromatic rings. The molecule has 0 aromatic heterocycles. The zero-order valence-electron chi connectivity index (χ0n) is 2.94. The van der Waals surface area contributed by atoms with Crippen molar-refractivity contribution in [2.24, 2.45) is 0 Å². The van der Waals surface area contributed by atoms with E-state index in [1.165, 1.54) is 0 Å². The molecule has 0 aliphatic heterocycles. The van der Waals surface area contributed by atoms with Gasteiger partial charge in [-0.25, -0.2) is 8.42 Å². The van der Waals surface area contributed by atoms with Crippen LogP contribution in [-0.2, 0) is 8.27 Å². The molecule has 0 saturated heterocycles. The molecule has 6 heteroatoms. The molecule has 7 heavy (non-hydrogen) atoms. The summed E-state index contributed by atoms with van der Waals surface area (Å²) in [4.78, 5) is 0. The average Bonchev–Trinajstić information content (AvgIpc) is 1.31. The van der Waals surface area contributed by atoms with Gasteiger partial charge in [0.2, 0.25) is 12.4 Å².